The van der Waals surface area contributed by atoms with Gasteiger partial charge in [-0.3, -0.25) is 9.69 Å². The number of carbonyl (C=O) groups excluding carboxylic acids is 2. The van der Waals surface area contributed by atoms with Gasteiger partial charge in [-0.05, 0) is 40.8 Å². The van der Waals surface area contributed by atoms with Crippen LogP contribution in [-0.4, -0.2) is 50.7 Å². The van der Waals surface area contributed by atoms with Gasteiger partial charge in [-0.2, -0.15) is 5.10 Å². The van der Waals surface area contributed by atoms with E-state index in [9.17, 15) is 14.0 Å². The van der Waals surface area contributed by atoms with Gasteiger partial charge in [0.05, 0.1) is 18.8 Å². The number of anilines is 1. The van der Waals surface area contributed by atoms with Crippen LogP contribution in [-0.2, 0) is 16.0 Å². The highest BCUT2D eigenvalue weighted by Gasteiger charge is 2.32. The largest absolute Gasteiger partial charge is 0.442 e. The normalized spacial score (nSPS) is 15.5. The lowest BCUT2D eigenvalue weighted by Gasteiger charge is -2.14. The molecule has 3 aromatic rings. The summed E-state index contributed by atoms with van der Waals surface area (Å²) in [6, 6.07) is 8.15. The van der Waals surface area contributed by atoms with Crippen LogP contribution in [0.5, 0.6) is 0 Å². The molecule has 0 aliphatic carbocycles. The number of aryl methyl sites for hydroxylation is 1. The molecule has 4 rings (SSSR count). The van der Waals surface area contributed by atoms with Crippen LogP contribution in [0.2, 0.25) is 0 Å². The van der Waals surface area contributed by atoms with Crippen LogP contribution < -0.4 is 10.2 Å². The quantitative estimate of drug-likeness (QED) is 0.396. The van der Waals surface area contributed by atoms with Gasteiger partial charge in [-0.1, -0.05) is 29.5 Å². The predicted octanol–water partition coefficient (Wildman–Crippen LogP) is 3.61. The summed E-state index contributed by atoms with van der Waals surface area (Å²) in [5.41, 5.74) is 2.12. The van der Waals surface area contributed by atoms with E-state index < -0.39 is 18.0 Å². The van der Waals surface area contributed by atoms with Crippen molar-refractivity contribution in [3.63, 3.8) is 0 Å². The zero-order chi connectivity index (χ0) is 22.5. The van der Waals surface area contributed by atoms with Crippen molar-refractivity contribution in [3.8, 4) is 11.1 Å². The molecule has 8 nitrogen and oxygen atoms in total. The highest BCUT2D eigenvalue weighted by atomic mass is 127. The Labute approximate surface area is 192 Å². The summed E-state index contributed by atoms with van der Waals surface area (Å²) in [5.74, 6) is 0.0603. The Bertz CT molecular complexity index is 1100. The van der Waals surface area contributed by atoms with Crippen molar-refractivity contribution in [2.45, 2.75) is 26.4 Å². The maximum atomic E-state index is 14.9. The summed E-state index contributed by atoms with van der Waals surface area (Å²) < 4.78 is 21.7. The molecule has 0 spiro atoms. The number of aromatic nitrogens is 3. The molecule has 1 aliphatic heterocycles. The summed E-state index contributed by atoms with van der Waals surface area (Å²) in [5, 5.41) is 6.94. The molecule has 0 bridgehead atoms. The lowest BCUT2D eigenvalue weighted by molar-refractivity contribution is -0.119. The second kappa shape index (κ2) is 10.0. The SMILES string of the molecule is CCc1nc2cc(-c3ccc(N4C[C@H](CNC(C)=O)OC4=O)cc3F)ccn2n1.CI. The van der Waals surface area contributed by atoms with Crippen LogP contribution in [0.4, 0.5) is 14.9 Å². The number of ether oxygens (including phenoxy) is 1. The average Bonchev–Trinajstić information content (AvgIpc) is 3.35. The molecular formula is C21H23FIN5O3. The number of cyclic esters (lactones) is 1. The molecule has 0 radical (unpaired) electrons. The zero-order valence-electron chi connectivity index (χ0n) is 17.4. The molecule has 0 unspecified atom stereocenters. The monoisotopic (exact) mass is 539 g/mol. The van der Waals surface area contributed by atoms with Gasteiger partial charge < -0.3 is 10.1 Å². The molecule has 1 atom stereocenters. The third-order valence-corrected chi connectivity index (χ3v) is 4.73. The molecule has 2 amide bonds. The topological polar surface area (TPSA) is 88.8 Å². The lowest BCUT2D eigenvalue weighted by Crippen LogP contribution is -2.33. The molecule has 10 heteroatoms. The third kappa shape index (κ3) is 5.12. The van der Waals surface area contributed by atoms with Gasteiger partial charge >= 0.3 is 6.09 Å². The molecule has 1 N–H and O–H groups in total. The van der Waals surface area contributed by atoms with Crippen molar-refractivity contribution in [1.29, 1.82) is 0 Å². The van der Waals surface area contributed by atoms with E-state index in [-0.39, 0.29) is 19.0 Å². The minimum Gasteiger partial charge on any atom is -0.442 e. The van der Waals surface area contributed by atoms with Gasteiger partial charge in [0, 0.05) is 25.1 Å². The number of pyridine rings is 1. The summed E-state index contributed by atoms with van der Waals surface area (Å²) in [6.45, 7) is 3.82. The molecule has 2 aromatic heterocycles. The minimum absolute atomic E-state index is 0.203. The number of hydrogen-bond donors (Lipinski definition) is 1. The predicted molar refractivity (Wildman–Crippen MR) is 124 cm³/mol. The van der Waals surface area contributed by atoms with E-state index in [1.54, 1.807) is 35.0 Å². The van der Waals surface area contributed by atoms with Crippen molar-refractivity contribution in [2.75, 3.05) is 22.9 Å². The Hall–Kier alpha value is -2.76. The minimum atomic E-state index is -0.565. The number of halogens is 2. The van der Waals surface area contributed by atoms with E-state index in [0.717, 1.165) is 12.2 Å². The number of carbonyl (C=O) groups is 2. The molecule has 0 saturated carbocycles. The van der Waals surface area contributed by atoms with Crippen LogP contribution in [0.3, 0.4) is 0 Å². The standard InChI is InChI=1S/C20H20FN5O3.CH3I/c1-3-18-23-19-8-13(6-7-26(19)24-18)16-5-4-14(9-17(16)21)25-11-15(29-20(25)28)10-22-12(2)27;1-2/h4-9,15H,3,10-11H2,1-2H3,(H,22,27);1H3/t15-;/m0./s1. The van der Waals surface area contributed by atoms with Gasteiger partial charge in [0.25, 0.3) is 0 Å². The second-order valence-corrected chi connectivity index (χ2v) is 6.82. The molecule has 3 heterocycles. The number of alkyl halides is 1. The average molecular weight is 539 g/mol. The van der Waals surface area contributed by atoms with Crippen molar-refractivity contribution in [2.24, 2.45) is 0 Å². The van der Waals surface area contributed by atoms with E-state index >= 15 is 0 Å². The maximum absolute atomic E-state index is 14.9. The van der Waals surface area contributed by atoms with E-state index in [1.807, 2.05) is 11.9 Å². The molecule has 1 saturated heterocycles. The summed E-state index contributed by atoms with van der Waals surface area (Å²) in [4.78, 5) is 30.9. The van der Waals surface area contributed by atoms with Crippen molar-refractivity contribution < 1.29 is 18.7 Å². The highest BCUT2D eigenvalue weighted by molar-refractivity contribution is 14.1. The van der Waals surface area contributed by atoms with Crippen molar-refractivity contribution in [1.82, 2.24) is 19.9 Å². The first-order valence-electron chi connectivity index (χ1n) is 9.70. The Balaban J connectivity index is 0.00000132. The first kappa shape index (κ1) is 22.9. The Morgan fingerprint density at radius 3 is 2.77 bits per heavy atom. The van der Waals surface area contributed by atoms with Crippen LogP contribution in [0.15, 0.2) is 36.5 Å². The maximum Gasteiger partial charge on any atom is 0.414 e. The first-order chi connectivity index (χ1) is 14.9. The molecular weight excluding hydrogens is 516 g/mol. The molecule has 31 heavy (non-hydrogen) atoms. The first-order valence-corrected chi connectivity index (χ1v) is 11.9. The van der Waals surface area contributed by atoms with Crippen molar-refractivity contribution >= 4 is 45.9 Å². The van der Waals surface area contributed by atoms with Crippen LogP contribution in [0.25, 0.3) is 16.8 Å². The van der Waals surface area contributed by atoms with Gasteiger partial charge in [-0.25, -0.2) is 18.7 Å². The van der Waals surface area contributed by atoms with Gasteiger partial charge in [-0.15, -0.1) is 0 Å². The lowest BCUT2D eigenvalue weighted by atomic mass is 10.1. The molecule has 1 aliphatic rings. The number of rotatable bonds is 5. The van der Waals surface area contributed by atoms with Crippen molar-refractivity contribution in [3.05, 3.63) is 48.2 Å². The van der Waals surface area contributed by atoms with Gasteiger partial charge in [0.15, 0.2) is 11.5 Å². The zero-order valence-corrected chi connectivity index (χ0v) is 19.6. The van der Waals surface area contributed by atoms with E-state index in [1.165, 1.54) is 17.9 Å². The molecule has 164 valence electrons. The molecule has 1 fully saturated rings. The smallest absolute Gasteiger partial charge is 0.414 e. The fourth-order valence-corrected chi connectivity index (χ4v) is 3.25. The highest BCUT2D eigenvalue weighted by Crippen LogP contribution is 2.29. The van der Waals surface area contributed by atoms with E-state index in [2.05, 4.69) is 38.0 Å². The fraction of sp³-hybridized carbons (Fsp3) is 0.333. The summed E-state index contributed by atoms with van der Waals surface area (Å²) in [6.07, 6.45) is 1.42. The Kier molecular flexibility index (Phi) is 7.42. The third-order valence-electron chi connectivity index (χ3n) is 4.73. The van der Waals surface area contributed by atoms with Crippen LogP contribution in [0, 0.1) is 5.82 Å². The number of nitrogens with one attached hydrogen (secondary N) is 1. The van der Waals surface area contributed by atoms with Crippen LogP contribution in [0.1, 0.15) is 19.7 Å². The number of amides is 2. The van der Waals surface area contributed by atoms with E-state index in [4.69, 9.17) is 4.74 Å². The summed E-state index contributed by atoms with van der Waals surface area (Å²) in [7, 11) is 0. The van der Waals surface area contributed by atoms with Gasteiger partial charge in [0.1, 0.15) is 11.9 Å². The second-order valence-electron chi connectivity index (χ2n) is 6.82. The number of hydrogen-bond acceptors (Lipinski definition) is 5. The van der Waals surface area contributed by atoms with Crippen LogP contribution >= 0.6 is 22.6 Å². The number of nitrogens with zero attached hydrogens (tertiary/aromatic N) is 4. The van der Waals surface area contributed by atoms with Gasteiger partial charge in [0.2, 0.25) is 5.91 Å². The Morgan fingerprint density at radius 1 is 1.32 bits per heavy atom. The number of fused-ring (bicyclic) bond motifs is 1. The number of benzene rings is 1. The summed E-state index contributed by atoms with van der Waals surface area (Å²) >= 11 is 2.15. The molecule has 1 aromatic carbocycles. The fourth-order valence-electron chi connectivity index (χ4n) is 3.25. The Morgan fingerprint density at radius 2 is 2.10 bits per heavy atom. The van der Waals surface area contributed by atoms with E-state index in [0.29, 0.717) is 22.5 Å².